The number of benzene rings is 2. The van der Waals surface area contributed by atoms with Gasteiger partial charge < -0.3 is 15.1 Å². The van der Waals surface area contributed by atoms with E-state index in [0.717, 1.165) is 16.8 Å². The molecule has 0 aliphatic rings. The lowest BCUT2D eigenvalue weighted by Gasteiger charge is -2.21. The summed E-state index contributed by atoms with van der Waals surface area (Å²) >= 11 is 5.09. The van der Waals surface area contributed by atoms with Gasteiger partial charge in [-0.25, -0.2) is 4.39 Å². The number of aromatic nitrogens is 2. The first-order valence-electron chi connectivity index (χ1n) is 9.29. The molecule has 0 saturated carbocycles. The first kappa shape index (κ1) is 21.4. The molecule has 0 amide bonds. The lowest BCUT2D eigenvalue weighted by molar-refractivity contribution is 0.302. The number of H-pyrrole nitrogens is 1. The number of aliphatic imine (C=N–C) groups is 1. The quantitative estimate of drug-likeness (QED) is 0.397. The fourth-order valence-corrected chi connectivity index (χ4v) is 3.27. The van der Waals surface area contributed by atoms with Crippen LogP contribution in [0, 0.1) is 10.6 Å². The monoisotopic (exact) mass is 428 g/mol. The molecule has 7 nitrogen and oxygen atoms in total. The smallest absolute Gasteiger partial charge is 0.264 e. The molecule has 0 atom stereocenters. The second-order valence-electron chi connectivity index (χ2n) is 6.36. The third kappa shape index (κ3) is 4.47. The maximum absolute atomic E-state index is 14.2. The van der Waals surface area contributed by atoms with Crippen molar-refractivity contribution in [1.29, 1.82) is 0 Å². The number of para-hydroxylation sites is 1. The van der Waals surface area contributed by atoms with E-state index in [4.69, 9.17) is 17.3 Å². The minimum atomic E-state index is -0.634. The maximum Gasteiger partial charge on any atom is 0.264 e. The summed E-state index contributed by atoms with van der Waals surface area (Å²) in [7, 11) is 0. The summed E-state index contributed by atoms with van der Waals surface area (Å²) in [6.07, 6.45) is 1.21. The maximum atomic E-state index is 14.2. The molecule has 0 bridgehead atoms. The fraction of sp³-hybridized carbons (Fsp3) is 0.190. The molecule has 2 aromatic carbocycles. The predicted molar refractivity (Wildman–Crippen MR) is 118 cm³/mol. The Morgan fingerprint density at radius 2 is 1.93 bits per heavy atom. The van der Waals surface area contributed by atoms with Gasteiger partial charge in [-0.2, -0.15) is 0 Å². The lowest BCUT2D eigenvalue weighted by Crippen LogP contribution is -2.25. The van der Waals surface area contributed by atoms with E-state index < -0.39 is 17.3 Å². The van der Waals surface area contributed by atoms with Gasteiger partial charge in [0.25, 0.3) is 5.56 Å². The molecule has 0 unspecified atom stereocenters. The highest BCUT2D eigenvalue weighted by Crippen LogP contribution is 2.23. The first-order valence-corrected chi connectivity index (χ1v) is 9.70. The van der Waals surface area contributed by atoms with Crippen LogP contribution in [0.15, 0.2) is 58.3 Å². The Bertz CT molecular complexity index is 1170. The SMILES string of the molecule is CCN(CCO)c1ccc(N=Cc2c(O)n(-c3ccccc3F)c(=S)[nH]c2=O)cc1. The van der Waals surface area contributed by atoms with E-state index in [1.807, 2.05) is 24.0 Å². The highest BCUT2D eigenvalue weighted by molar-refractivity contribution is 7.71. The Kier molecular flexibility index (Phi) is 6.76. The standard InChI is InChI=1S/C21H21FN4O3S/c1-2-25(11-12-27)15-9-7-14(8-10-15)23-13-16-19(28)24-21(30)26(20(16)29)18-6-4-3-5-17(18)22/h3-10,13,27,29H,2,11-12H2,1H3,(H,24,28,30). The van der Waals surface area contributed by atoms with Crippen molar-refractivity contribution in [1.82, 2.24) is 9.55 Å². The topological polar surface area (TPSA) is 93.8 Å². The molecule has 0 fully saturated rings. The third-order valence-corrected chi connectivity index (χ3v) is 4.81. The van der Waals surface area contributed by atoms with Gasteiger partial charge in [0.2, 0.25) is 5.88 Å². The van der Waals surface area contributed by atoms with Crippen molar-refractivity contribution >= 4 is 29.8 Å². The number of halogens is 1. The molecule has 0 aliphatic carbocycles. The Hall–Kier alpha value is -3.30. The van der Waals surface area contributed by atoms with Gasteiger partial charge in [0.05, 0.1) is 18.0 Å². The van der Waals surface area contributed by atoms with Crippen LogP contribution in [0.2, 0.25) is 0 Å². The first-order chi connectivity index (χ1) is 14.5. The van der Waals surface area contributed by atoms with Crippen LogP contribution in [0.1, 0.15) is 12.5 Å². The van der Waals surface area contributed by atoms with Gasteiger partial charge in [0, 0.05) is 25.0 Å². The van der Waals surface area contributed by atoms with Crippen molar-refractivity contribution < 1.29 is 14.6 Å². The molecule has 0 radical (unpaired) electrons. The second kappa shape index (κ2) is 9.47. The van der Waals surface area contributed by atoms with E-state index >= 15 is 0 Å². The van der Waals surface area contributed by atoms with Crippen molar-refractivity contribution in [2.75, 3.05) is 24.6 Å². The van der Waals surface area contributed by atoms with Gasteiger partial charge in [-0.3, -0.25) is 19.3 Å². The van der Waals surface area contributed by atoms with E-state index in [2.05, 4.69) is 9.98 Å². The Morgan fingerprint density at radius 3 is 2.57 bits per heavy atom. The molecule has 3 aromatic rings. The number of hydrogen-bond acceptors (Lipinski definition) is 6. The summed E-state index contributed by atoms with van der Waals surface area (Å²) < 4.78 is 15.1. The minimum absolute atomic E-state index is 0.0128. The van der Waals surface area contributed by atoms with E-state index in [-0.39, 0.29) is 22.6 Å². The Balaban J connectivity index is 1.96. The molecule has 9 heteroatoms. The van der Waals surface area contributed by atoms with Crippen LogP contribution in [0.4, 0.5) is 15.8 Å². The van der Waals surface area contributed by atoms with E-state index in [9.17, 15) is 14.3 Å². The van der Waals surface area contributed by atoms with Gasteiger partial charge in [-0.15, -0.1) is 0 Å². The summed E-state index contributed by atoms with van der Waals surface area (Å²) in [6.45, 7) is 3.31. The number of aromatic amines is 1. The molecule has 1 heterocycles. The van der Waals surface area contributed by atoms with Crippen LogP contribution >= 0.6 is 12.2 Å². The van der Waals surface area contributed by atoms with Gasteiger partial charge in [-0.05, 0) is 55.5 Å². The lowest BCUT2D eigenvalue weighted by atomic mass is 10.2. The number of rotatable bonds is 7. The van der Waals surface area contributed by atoms with Gasteiger partial charge in [0.1, 0.15) is 11.4 Å². The summed E-state index contributed by atoms with van der Waals surface area (Å²) in [5.41, 5.74) is 0.715. The molecule has 3 rings (SSSR count). The van der Waals surface area contributed by atoms with Crippen molar-refractivity contribution in [3.63, 3.8) is 0 Å². The summed E-state index contributed by atoms with van der Waals surface area (Å²) in [5.74, 6) is -1.10. The Morgan fingerprint density at radius 1 is 1.23 bits per heavy atom. The number of aromatic hydroxyl groups is 1. The molecule has 1 aromatic heterocycles. The number of nitrogens with one attached hydrogen (secondary N) is 1. The van der Waals surface area contributed by atoms with Gasteiger partial charge >= 0.3 is 0 Å². The second-order valence-corrected chi connectivity index (χ2v) is 6.75. The van der Waals surface area contributed by atoms with Crippen LogP contribution in [-0.4, -0.2) is 45.7 Å². The van der Waals surface area contributed by atoms with Crippen LogP contribution < -0.4 is 10.5 Å². The number of anilines is 1. The fourth-order valence-electron chi connectivity index (χ4n) is 2.99. The number of nitrogens with zero attached hydrogens (tertiary/aromatic N) is 3. The average Bonchev–Trinajstić information content (AvgIpc) is 2.73. The number of likely N-dealkylation sites (N-methyl/N-ethyl adjacent to an activating group) is 1. The zero-order chi connectivity index (χ0) is 21.7. The summed E-state index contributed by atoms with van der Waals surface area (Å²) in [5, 5.41) is 19.7. The normalized spacial score (nSPS) is 11.2. The highest BCUT2D eigenvalue weighted by atomic mass is 32.1. The van der Waals surface area contributed by atoms with Crippen molar-refractivity contribution in [2.45, 2.75) is 6.92 Å². The summed E-state index contributed by atoms with van der Waals surface area (Å²) in [4.78, 5) is 21.0. The summed E-state index contributed by atoms with van der Waals surface area (Å²) in [6, 6.07) is 13.0. The van der Waals surface area contributed by atoms with Crippen molar-refractivity contribution in [2.24, 2.45) is 4.99 Å². The van der Waals surface area contributed by atoms with Crippen molar-refractivity contribution in [3.05, 3.63) is 75.0 Å². The minimum Gasteiger partial charge on any atom is -0.494 e. The zero-order valence-electron chi connectivity index (χ0n) is 16.2. The van der Waals surface area contributed by atoms with Crippen molar-refractivity contribution in [3.8, 4) is 11.6 Å². The predicted octanol–water partition coefficient (Wildman–Crippen LogP) is 3.31. The molecule has 30 heavy (non-hydrogen) atoms. The molecule has 156 valence electrons. The highest BCUT2D eigenvalue weighted by Gasteiger charge is 2.15. The molecule has 0 saturated heterocycles. The zero-order valence-corrected chi connectivity index (χ0v) is 17.1. The molecule has 3 N–H and O–H groups in total. The van der Waals surface area contributed by atoms with E-state index in [1.165, 1.54) is 24.4 Å². The number of hydrogen-bond donors (Lipinski definition) is 3. The largest absolute Gasteiger partial charge is 0.494 e. The third-order valence-electron chi connectivity index (χ3n) is 4.52. The van der Waals surface area contributed by atoms with Gasteiger partial charge in [0.15, 0.2) is 4.77 Å². The number of aliphatic hydroxyl groups excluding tert-OH is 1. The molecule has 0 aliphatic heterocycles. The van der Waals surface area contributed by atoms with Crippen LogP contribution in [0.25, 0.3) is 5.69 Å². The Labute approximate surface area is 177 Å². The average molecular weight is 428 g/mol. The van der Waals surface area contributed by atoms with Gasteiger partial charge in [-0.1, -0.05) is 12.1 Å². The van der Waals surface area contributed by atoms with Crippen LogP contribution in [0.3, 0.4) is 0 Å². The number of aliphatic hydroxyl groups is 1. The molecular formula is C21H21FN4O3S. The molecular weight excluding hydrogens is 407 g/mol. The van der Waals surface area contributed by atoms with Crippen LogP contribution in [-0.2, 0) is 0 Å². The van der Waals surface area contributed by atoms with E-state index in [0.29, 0.717) is 12.2 Å². The van der Waals surface area contributed by atoms with E-state index in [1.54, 1.807) is 18.2 Å². The molecule has 0 spiro atoms. The van der Waals surface area contributed by atoms with Crippen LogP contribution in [0.5, 0.6) is 5.88 Å².